The molecule has 0 aliphatic rings. The van der Waals surface area contributed by atoms with E-state index in [-0.39, 0.29) is 0 Å². The Bertz CT molecular complexity index is 537. The van der Waals surface area contributed by atoms with Gasteiger partial charge >= 0.3 is 0 Å². The molecule has 70 valence electrons. The normalized spacial score (nSPS) is 10.1. The fraction of sp³-hybridized carbons (Fsp3) is 0.222. The lowest BCUT2D eigenvalue weighted by Gasteiger charge is -2.01. The van der Waals surface area contributed by atoms with Crippen LogP contribution in [0.3, 0.4) is 0 Å². The molecule has 0 saturated heterocycles. The molecule has 0 N–H and O–H groups in total. The first-order chi connectivity index (χ1) is 6.72. The Morgan fingerprint density at radius 2 is 2.29 bits per heavy atom. The van der Waals surface area contributed by atoms with E-state index in [0.29, 0.717) is 11.6 Å². The molecule has 14 heavy (non-hydrogen) atoms. The minimum atomic E-state index is 0.458. The van der Waals surface area contributed by atoms with Gasteiger partial charge in [-0.05, 0) is 19.9 Å². The Kier molecular flexibility index (Phi) is 1.87. The monoisotopic (exact) mass is 188 g/mol. The van der Waals surface area contributed by atoms with Crippen LogP contribution >= 0.6 is 0 Å². The molecule has 0 spiro atoms. The van der Waals surface area contributed by atoms with Gasteiger partial charge in [0.05, 0.1) is 6.20 Å². The van der Waals surface area contributed by atoms with Crippen molar-refractivity contribution in [1.29, 1.82) is 0 Å². The summed E-state index contributed by atoms with van der Waals surface area (Å²) in [6, 6.07) is 1.90. The summed E-state index contributed by atoms with van der Waals surface area (Å²) in [4.78, 5) is 21.9. The van der Waals surface area contributed by atoms with Crippen LogP contribution in [0.1, 0.15) is 11.4 Å². The number of hydrogen-bond donors (Lipinski definition) is 0. The Balaban J connectivity index is 2.85. The standard InChI is InChI=1S/C9H8N4O/c1-6-3-7(2)13-8(11-5-14)4-10-9(13)12-6/h3-4H,1-2H3. The van der Waals surface area contributed by atoms with E-state index in [0.717, 1.165) is 11.4 Å². The summed E-state index contributed by atoms with van der Waals surface area (Å²) in [7, 11) is 0. The van der Waals surface area contributed by atoms with Gasteiger partial charge in [0.25, 0.3) is 0 Å². The minimum absolute atomic E-state index is 0.458. The predicted octanol–water partition coefficient (Wildman–Crippen LogP) is 1.31. The van der Waals surface area contributed by atoms with Crippen LogP contribution in [0.15, 0.2) is 17.3 Å². The summed E-state index contributed by atoms with van der Waals surface area (Å²) in [5.74, 6) is 1.01. The number of hydrogen-bond acceptors (Lipinski definition) is 4. The van der Waals surface area contributed by atoms with Gasteiger partial charge in [-0.1, -0.05) is 0 Å². The van der Waals surface area contributed by atoms with Crippen molar-refractivity contribution in [1.82, 2.24) is 14.4 Å². The largest absolute Gasteiger partial charge is 0.265 e. The molecule has 5 heteroatoms. The highest BCUT2D eigenvalue weighted by atomic mass is 16.1. The summed E-state index contributed by atoms with van der Waals surface area (Å²) >= 11 is 0. The molecule has 0 amide bonds. The number of fused-ring (bicyclic) bond motifs is 1. The van der Waals surface area contributed by atoms with E-state index in [1.807, 2.05) is 19.9 Å². The van der Waals surface area contributed by atoms with Crippen LogP contribution in [0.5, 0.6) is 0 Å². The van der Waals surface area contributed by atoms with E-state index in [4.69, 9.17) is 0 Å². The van der Waals surface area contributed by atoms with Crippen molar-refractivity contribution in [3.05, 3.63) is 23.7 Å². The highest BCUT2D eigenvalue weighted by Crippen LogP contribution is 2.16. The molecule has 0 fully saturated rings. The van der Waals surface area contributed by atoms with Crippen LogP contribution in [-0.2, 0) is 4.79 Å². The van der Waals surface area contributed by atoms with Crippen LogP contribution in [0, 0.1) is 13.8 Å². The maximum Gasteiger partial charge on any atom is 0.242 e. The second-order valence-corrected chi connectivity index (χ2v) is 2.99. The average Bonchev–Trinajstić information content (AvgIpc) is 2.49. The van der Waals surface area contributed by atoms with E-state index < -0.39 is 0 Å². The lowest BCUT2D eigenvalue weighted by atomic mass is 10.3. The van der Waals surface area contributed by atoms with E-state index >= 15 is 0 Å². The van der Waals surface area contributed by atoms with Crippen LogP contribution in [0.25, 0.3) is 5.78 Å². The Hall–Kier alpha value is -2.00. The smallest absolute Gasteiger partial charge is 0.242 e. The van der Waals surface area contributed by atoms with Crippen molar-refractivity contribution >= 4 is 17.7 Å². The summed E-state index contributed by atoms with van der Waals surface area (Å²) in [5.41, 5.74) is 1.83. The molecule has 0 aromatic carbocycles. The minimum Gasteiger partial charge on any atom is -0.265 e. The van der Waals surface area contributed by atoms with Gasteiger partial charge in [0.15, 0.2) is 5.82 Å². The highest BCUT2D eigenvalue weighted by Gasteiger charge is 2.05. The molecule has 0 atom stereocenters. The summed E-state index contributed by atoms with van der Waals surface area (Å²) in [5, 5.41) is 0. The molecule has 2 rings (SSSR count). The Morgan fingerprint density at radius 3 is 3.00 bits per heavy atom. The number of isocyanates is 1. The van der Waals surface area contributed by atoms with Crippen molar-refractivity contribution < 1.29 is 4.79 Å². The maximum atomic E-state index is 10.1. The molecule has 0 bridgehead atoms. The van der Waals surface area contributed by atoms with Gasteiger partial charge in [0, 0.05) is 11.4 Å². The third-order valence-corrected chi connectivity index (χ3v) is 1.93. The molecule has 5 nitrogen and oxygen atoms in total. The summed E-state index contributed by atoms with van der Waals surface area (Å²) in [6.45, 7) is 3.80. The van der Waals surface area contributed by atoms with Crippen molar-refractivity contribution in [2.45, 2.75) is 13.8 Å². The first kappa shape index (κ1) is 8.59. The second kappa shape index (κ2) is 3.05. The van der Waals surface area contributed by atoms with Crippen LogP contribution in [0.4, 0.5) is 5.82 Å². The average molecular weight is 188 g/mol. The number of nitrogens with zero attached hydrogens (tertiary/aromatic N) is 4. The molecule has 0 aliphatic heterocycles. The SMILES string of the molecule is Cc1cc(C)n2c(N=C=O)cnc2n1. The molecule has 2 aromatic rings. The number of aliphatic imine (C=N–C) groups is 1. The molecular formula is C9H8N4O. The zero-order valence-electron chi connectivity index (χ0n) is 7.85. The fourth-order valence-corrected chi connectivity index (χ4v) is 1.43. The zero-order valence-corrected chi connectivity index (χ0v) is 7.85. The zero-order chi connectivity index (χ0) is 10.1. The molecular weight excluding hydrogens is 180 g/mol. The van der Waals surface area contributed by atoms with Crippen LogP contribution in [0.2, 0.25) is 0 Å². The number of aromatic nitrogens is 3. The molecule has 0 radical (unpaired) electrons. The molecule has 2 heterocycles. The van der Waals surface area contributed by atoms with Gasteiger partial charge in [0.1, 0.15) is 0 Å². The third-order valence-electron chi connectivity index (χ3n) is 1.93. The van der Waals surface area contributed by atoms with E-state index in [2.05, 4.69) is 15.0 Å². The first-order valence-electron chi connectivity index (χ1n) is 4.12. The van der Waals surface area contributed by atoms with Gasteiger partial charge in [-0.3, -0.25) is 4.40 Å². The molecule has 0 aliphatic carbocycles. The van der Waals surface area contributed by atoms with Gasteiger partial charge in [-0.25, -0.2) is 14.8 Å². The van der Waals surface area contributed by atoms with Crippen molar-refractivity contribution in [3.8, 4) is 0 Å². The summed E-state index contributed by atoms with van der Waals surface area (Å²) in [6.07, 6.45) is 2.99. The van der Waals surface area contributed by atoms with Crippen molar-refractivity contribution in [2.75, 3.05) is 0 Å². The lowest BCUT2D eigenvalue weighted by molar-refractivity contribution is 0.565. The molecule has 0 unspecified atom stereocenters. The van der Waals surface area contributed by atoms with Crippen molar-refractivity contribution in [3.63, 3.8) is 0 Å². The van der Waals surface area contributed by atoms with Gasteiger partial charge in [0.2, 0.25) is 11.9 Å². The topological polar surface area (TPSA) is 59.6 Å². The Morgan fingerprint density at radius 1 is 1.50 bits per heavy atom. The maximum absolute atomic E-state index is 10.1. The third kappa shape index (κ3) is 1.20. The van der Waals surface area contributed by atoms with Gasteiger partial charge in [-0.2, -0.15) is 0 Å². The lowest BCUT2D eigenvalue weighted by Crippen LogP contribution is -1.95. The quantitative estimate of drug-likeness (QED) is 0.500. The second-order valence-electron chi connectivity index (χ2n) is 2.99. The fourth-order valence-electron chi connectivity index (χ4n) is 1.43. The number of aryl methyl sites for hydroxylation is 2. The predicted molar refractivity (Wildman–Crippen MR) is 50.2 cm³/mol. The van der Waals surface area contributed by atoms with E-state index in [1.165, 1.54) is 12.3 Å². The van der Waals surface area contributed by atoms with E-state index in [9.17, 15) is 4.79 Å². The van der Waals surface area contributed by atoms with E-state index in [1.54, 1.807) is 4.40 Å². The van der Waals surface area contributed by atoms with Crippen LogP contribution < -0.4 is 0 Å². The van der Waals surface area contributed by atoms with Gasteiger partial charge in [-0.15, -0.1) is 4.99 Å². The van der Waals surface area contributed by atoms with Gasteiger partial charge < -0.3 is 0 Å². The Labute approximate surface area is 80.1 Å². The number of rotatable bonds is 1. The van der Waals surface area contributed by atoms with Crippen molar-refractivity contribution in [2.24, 2.45) is 4.99 Å². The molecule has 0 saturated carbocycles. The molecule has 2 aromatic heterocycles. The number of carbonyl (C=O) groups excluding carboxylic acids is 1. The highest BCUT2D eigenvalue weighted by molar-refractivity contribution is 5.50. The first-order valence-corrected chi connectivity index (χ1v) is 4.12. The van der Waals surface area contributed by atoms with Crippen LogP contribution in [-0.4, -0.2) is 20.4 Å². The summed E-state index contributed by atoms with van der Waals surface area (Å²) < 4.78 is 1.71. The number of imidazole rings is 1.